The fraction of sp³-hybridized carbons (Fsp3) is 0.364. The number of halogens is 1. The predicted molar refractivity (Wildman–Crippen MR) is 115 cm³/mol. The molecule has 0 spiro atoms. The molecule has 0 amide bonds. The lowest BCUT2D eigenvalue weighted by atomic mass is 9.98. The number of carboxylic acids is 1. The number of ether oxygens (including phenoxy) is 1. The number of oxime groups is 1. The van der Waals surface area contributed by atoms with Gasteiger partial charge in [-0.1, -0.05) is 47.6 Å². The quantitative estimate of drug-likeness (QED) is 0.402. The highest BCUT2D eigenvalue weighted by Crippen LogP contribution is 2.18. The SMILES string of the molecule is COc1cccc(/C(=N/OCCN2CCC[C@@H](C(=O)O)C2)c2ccccc2)c1.Cl. The molecule has 1 aliphatic heterocycles. The average Bonchev–Trinajstić information content (AvgIpc) is 2.74. The van der Waals surface area contributed by atoms with Crippen LogP contribution in [0.3, 0.4) is 0 Å². The van der Waals surface area contributed by atoms with Crippen molar-refractivity contribution in [1.82, 2.24) is 4.90 Å². The minimum Gasteiger partial charge on any atom is -0.497 e. The first kappa shape index (κ1) is 22.7. The molecule has 0 aliphatic carbocycles. The maximum atomic E-state index is 11.2. The van der Waals surface area contributed by atoms with Crippen molar-refractivity contribution in [2.45, 2.75) is 12.8 Å². The van der Waals surface area contributed by atoms with E-state index in [0.29, 0.717) is 19.7 Å². The van der Waals surface area contributed by atoms with E-state index in [-0.39, 0.29) is 18.3 Å². The number of nitrogens with zero attached hydrogens (tertiary/aromatic N) is 2. The Balaban J connectivity index is 0.00000300. The summed E-state index contributed by atoms with van der Waals surface area (Å²) < 4.78 is 5.32. The second-order valence-electron chi connectivity index (χ2n) is 6.85. The number of carbonyl (C=O) groups is 1. The summed E-state index contributed by atoms with van der Waals surface area (Å²) in [5.74, 6) is -0.240. The van der Waals surface area contributed by atoms with Gasteiger partial charge < -0.3 is 14.7 Å². The van der Waals surface area contributed by atoms with Crippen LogP contribution in [0.5, 0.6) is 5.75 Å². The van der Waals surface area contributed by atoms with Crippen molar-refractivity contribution in [3.63, 3.8) is 0 Å². The van der Waals surface area contributed by atoms with Crippen molar-refractivity contribution in [1.29, 1.82) is 0 Å². The molecule has 1 saturated heterocycles. The lowest BCUT2D eigenvalue weighted by Crippen LogP contribution is -2.40. The largest absolute Gasteiger partial charge is 0.497 e. The van der Waals surface area contributed by atoms with Crippen molar-refractivity contribution in [2.24, 2.45) is 11.1 Å². The second-order valence-corrected chi connectivity index (χ2v) is 6.85. The van der Waals surface area contributed by atoms with E-state index in [4.69, 9.17) is 9.57 Å². The molecule has 6 nitrogen and oxygen atoms in total. The number of carboxylic acid groups (broad SMARTS) is 1. The molecule has 0 saturated carbocycles. The number of piperidine rings is 1. The van der Waals surface area contributed by atoms with Gasteiger partial charge in [0.2, 0.25) is 0 Å². The van der Waals surface area contributed by atoms with E-state index in [0.717, 1.165) is 42.0 Å². The van der Waals surface area contributed by atoms with Gasteiger partial charge in [0.05, 0.1) is 13.0 Å². The van der Waals surface area contributed by atoms with Crippen LogP contribution in [-0.2, 0) is 9.63 Å². The third-order valence-electron chi connectivity index (χ3n) is 4.90. The number of hydrogen-bond donors (Lipinski definition) is 1. The van der Waals surface area contributed by atoms with Crippen LogP contribution >= 0.6 is 12.4 Å². The van der Waals surface area contributed by atoms with E-state index in [1.165, 1.54) is 0 Å². The normalized spacial score (nSPS) is 17.3. The van der Waals surface area contributed by atoms with Crippen LogP contribution in [-0.4, -0.2) is 55.0 Å². The highest BCUT2D eigenvalue weighted by atomic mass is 35.5. The number of benzene rings is 2. The zero-order valence-corrected chi connectivity index (χ0v) is 17.3. The van der Waals surface area contributed by atoms with Crippen LogP contribution in [0.4, 0.5) is 0 Å². The number of rotatable bonds is 8. The molecule has 0 unspecified atom stereocenters. The van der Waals surface area contributed by atoms with Crippen molar-refractivity contribution >= 4 is 24.1 Å². The van der Waals surface area contributed by atoms with Crippen molar-refractivity contribution < 1.29 is 19.5 Å². The third kappa shape index (κ3) is 6.48. The van der Waals surface area contributed by atoms with Crippen molar-refractivity contribution in [3.05, 3.63) is 65.7 Å². The number of likely N-dealkylation sites (tertiary alicyclic amines) is 1. The summed E-state index contributed by atoms with van der Waals surface area (Å²) in [5.41, 5.74) is 2.61. The predicted octanol–water partition coefficient (Wildman–Crippen LogP) is 3.68. The molecule has 1 N–H and O–H groups in total. The molecule has 1 fully saturated rings. The fourth-order valence-electron chi connectivity index (χ4n) is 3.38. The van der Waals surface area contributed by atoms with Gasteiger partial charge in [-0.05, 0) is 31.5 Å². The Labute approximate surface area is 177 Å². The average molecular weight is 419 g/mol. The van der Waals surface area contributed by atoms with Gasteiger partial charge in [0.25, 0.3) is 0 Å². The number of methoxy groups -OCH3 is 1. The van der Waals surface area contributed by atoms with Crippen LogP contribution in [0.25, 0.3) is 0 Å². The van der Waals surface area contributed by atoms with E-state index in [2.05, 4.69) is 10.1 Å². The Hall–Kier alpha value is -2.57. The minimum atomic E-state index is -0.715. The van der Waals surface area contributed by atoms with Crippen LogP contribution < -0.4 is 4.74 Å². The minimum absolute atomic E-state index is 0. The molecule has 7 heteroatoms. The Bertz CT molecular complexity index is 813. The van der Waals surface area contributed by atoms with E-state index >= 15 is 0 Å². The van der Waals surface area contributed by atoms with Crippen molar-refractivity contribution in [3.8, 4) is 5.75 Å². The van der Waals surface area contributed by atoms with Gasteiger partial charge in [-0.25, -0.2) is 0 Å². The zero-order chi connectivity index (χ0) is 19.8. The molecule has 3 rings (SSSR count). The summed E-state index contributed by atoms with van der Waals surface area (Å²) in [6.45, 7) is 2.54. The highest BCUT2D eigenvalue weighted by Gasteiger charge is 2.25. The van der Waals surface area contributed by atoms with Crippen molar-refractivity contribution in [2.75, 3.05) is 33.4 Å². The van der Waals surface area contributed by atoms with Gasteiger partial charge >= 0.3 is 5.97 Å². The first-order valence-electron chi connectivity index (χ1n) is 9.52. The molecule has 29 heavy (non-hydrogen) atoms. The third-order valence-corrected chi connectivity index (χ3v) is 4.90. The summed E-state index contributed by atoms with van der Waals surface area (Å²) in [6.07, 6.45) is 1.65. The first-order valence-corrected chi connectivity index (χ1v) is 9.52. The Morgan fingerprint density at radius 2 is 1.93 bits per heavy atom. The molecule has 0 bridgehead atoms. The standard InChI is InChI=1S/C22H26N2O4.ClH/c1-27-20-11-5-9-18(15-20)21(17-7-3-2-4-8-17)23-28-14-13-24-12-6-10-19(16-24)22(25)26;/h2-5,7-9,11,15,19H,6,10,12-14,16H2,1H3,(H,25,26);1H/b23-21+;/t19-;/m1./s1. The molecule has 156 valence electrons. The molecule has 1 atom stereocenters. The van der Waals surface area contributed by atoms with E-state index in [1.807, 2.05) is 54.6 Å². The van der Waals surface area contributed by atoms with Gasteiger partial charge in [-0.15, -0.1) is 12.4 Å². The topological polar surface area (TPSA) is 71.4 Å². The molecule has 2 aromatic carbocycles. The summed E-state index contributed by atoms with van der Waals surface area (Å²) in [6, 6.07) is 17.6. The molecular weight excluding hydrogens is 392 g/mol. The van der Waals surface area contributed by atoms with Crippen LogP contribution in [0.1, 0.15) is 24.0 Å². The Morgan fingerprint density at radius 3 is 2.66 bits per heavy atom. The highest BCUT2D eigenvalue weighted by molar-refractivity contribution is 6.12. The summed E-state index contributed by atoms with van der Waals surface area (Å²) >= 11 is 0. The molecule has 1 heterocycles. The van der Waals surface area contributed by atoms with Gasteiger partial charge in [-0.2, -0.15) is 0 Å². The molecule has 0 radical (unpaired) electrons. The number of aliphatic carboxylic acids is 1. The summed E-state index contributed by atoms with van der Waals surface area (Å²) in [7, 11) is 1.64. The second kappa shape index (κ2) is 11.4. The van der Waals surface area contributed by atoms with Gasteiger partial charge in [-0.3, -0.25) is 9.69 Å². The maximum Gasteiger partial charge on any atom is 0.307 e. The van der Waals surface area contributed by atoms with Gasteiger partial charge in [0, 0.05) is 24.2 Å². The number of hydrogen-bond acceptors (Lipinski definition) is 5. The molecule has 0 aromatic heterocycles. The molecule has 2 aromatic rings. The van der Waals surface area contributed by atoms with Gasteiger partial charge in [0.15, 0.2) is 0 Å². The first-order chi connectivity index (χ1) is 13.7. The Kier molecular flexibility index (Phi) is 8.96. The van der Waals surface area contributed by atoms with Gasteiger partial charge in [0.1, 0.15) is 18.1 Å². The smallest absolute Gasteiger partial charge is 0.307 e. The monoisotopic (exact) mass is 418 g/mol. The van der Waals surface area contributed by atoms with E-state index < -0.39 is 5.97 Å². The van der Waals surface area contributed by atoms with E-state index in [9.17, 15) is 9.90 Å². The maximum absolute atomic E-state index is 11.2. The summed E-state index contributed by atoms with van der Waals surface area (Å²) in [5, 5.41) is 13.6. The van der Waals surface area contributed by atoms with Crippen LogP contribution in [0.2, 0.25) is 0 Å². The van der Waals surface area contributed by atoms with E-state index in [1.54, 1.807) is 7.11 Å². The van der Waals surface area contributed by atoms with Crippen LogP contribution in [0, 0.1) is 5.92 Å². The fourth-order valence-corrected chi connectivity index (χ4v) is 3.38. The lowest BCUT2D eigenvalue weighted by molar-refractivity contribution is -0.143. The zero-order valence-electron chi connectivity index (χ0n) is 16.5. The summed E-state index contributed by atoms with van der Waals surface area (Å²) in [4.78, 5) is 19.0. The Morgan fingerprint density at radius 1 is 1.17 bits per heavy atom. The van der Waals surface area contributed by atoms with Crippen LogP contribution in [0.15, 0.2) is 59.8 Å². The molecule has 1 aliphatic rings. The lowest BCUT2D eigenvalue weighted by Gasteiger charge is -2.29. The molecular formula is C22H27ClN2O4.